The highest BCUT2D eigenvalue weighted by Crippen LogP contribution is 2.40. The normalized spacial score (nSPS) is 15.4. The predicted octanol–water partition coefficient (Wildman–Crippen LogP) is 4.72. The maximum atomic E-state index is 13.5. The number of nitrogens with zero attached hydrogens (tertiary/aromatic N) is 3. The van der Waals surface area contributed by atoms with Crippen LogP contribution < -0.4 is 10.5 Å². The Morgan fingerprint density at radius 1 is 0.879 bits per heavy atom. The van der Waals surface area contributed by atoms with Gasteiger partial charge >= 0.3 is 0 Å². The summed E-state index contributed by atoms with van der Waals surface area (Å²) in [5.41, 5.74) is 3.75. The third kappa shape index (κ3) is 3.84. The van der Waals surface area contributed by atoms with Gasteiger partial charge in [0.05, 0.1) is 16.8 Å². The molecule has 0 aliphatic carbocycles. The van der Waals surface area contributed by atoms with Crippen molar-refractivity contribution in [3.63, 3.8) is 0 Å². The number of aromatic nitrogens is 2. The van der Waals surface area contributed by atoms with E-state index in [9.17, 15) is 9.59 Å². The Kier molecular flexibility index (Phi) is 5.55. The minimum absolute atomic E-state index is 0.0500. The van der Waals surface area contributed by atoms with E-state index in [1.54, 1.807) is 4.57 Å². The van der Waals surface area contributed by atoms with Crippen LogP contribution in [0.5, 0.6) is 0 Å². The van der Waals surface area contributed by atoms with Gasteiger partial charge in [0.25, 0.3) is 5.56 Å². The molecule has 1 amide bonds. The van der Waals surface area contributed by atoms with Crippen LogP contribution in [0.3, 0.4) is 0 Å². The first-order valence-electron chi connectivity index (χ1n) is 11.5. The molecule has 1 aromatic heterocycles. The highest BCUT2D eigenvalue weighted by molar-refractivity contribution is 6.05. The lowest BCUT2D eigenvalue weighted by Crippen LogP contribution is -2.36. The van der Waals surface area contributed by atoms with Crippen molar-refractivity contribution in [2.24, 2.45) is 0 Å². The van der Waals surface area contributed by atoms with Crippen LogP contribution in [0.15, 0.2) is 83.7 Å². The number of carbonyl (C=O) groups excluding carboxylic acids is 1. The van der Waals surface area contributed by atoms with Crippen LogP contribution in [-0.2, 0) is 24.2 Å². The molecule has 0 saturated carbocycles. The van der Waals surface area contributed by atoms with E-state index >= 15 is 0 Å². The summed E-state index contributed by atoms with van der Waals surface area (Å²) in [6.45, 7) is 4.58. The minimum Gasteiger partial charge on any atom is -0.309 e. The molecule has 166 valence electrons. The summed E-state index contributed by atoms with van der Waals surface area (Å²) in [6, 6.07) is 25.6. The van der Waals surface area contributed by atoms with Crippen molar-refractivity contribution < 1.29 is 4.79 Å². The monoisotopic (exact) mass is 437 g/mol. The number of hydrogen-bond acceptors (Lipinski definition) is 3. The van der Waals surface area contributed by atoms with Gasteiger partial charge in [0.1, 0.15) is 5.82 Å². The van der Waals surface area contributed by atoms with Gasteiger partial charge in [-0.05, 0) is 49.6 Å². The van der Waals surface area contributed by atoms with Gasteiger partial charge in [0.15, 0.2) is 0 Å². The molecule has 1 aliphatic rings. The van der Waals surface area contributed by atoms with E-state index in [1.807, 2.05) is 85.5 Å². The summed E-state index contributed by atoms with van der Waals surface area (Å²) >= 11 is 0. The number of aryl methyl sites for hydroxylation is 1. The van der Waals surface area contributed by atoms with Gasteiger partial charge in [0, 0.05) is 24.7 Å². The Balaban J connectivity index is 1.57. The molecule has 0 N–H and O–H groups in total. The van der Waals surface area contributed by atoms with E-state index in [2.05, 4.69) is 12.1 Å². The first-order valence-corrected chi connectivity index (χ1v) is 11.5. The lowest BCUT2D eigenvalue weighted by atomic mass is 9.96. The van der Waals surface area contributed by atoms with Crippen LogP contribution >= 0.6 is 0 Å². The molecule has 1 unspecified atom stereocenters. The lowest BCUT2D eigenvalue weighted by Gasteiger charge is -2.22. The third-order valence-electron chi connectivity index (χ3n) is 6.42. The zero-order valence-corrected chi connectivity index (χ0v) is 18.9. The molecule has 33 heavy (non-hydrogen) atoms. The van der Waals surface area contributed by atoms with Crippen molar-refractivity contribution in [3.8, 4) is 0 Å². The second kappa shape index (κ2) is 8.66. The highest BCUT2D eigenvalue weighted by Gasteiger charge is 2.39. The van der Waals surface area contributed by atoms with Gasteiger partial charge in [0.2, 0.25) is 5.91 Å². The number of fused-ring (bicyclic) bond motifs is 2. The Hall–Kier alpha value is -3.73. The van der Waals surface area contributed by atoms with Crippen molar-refractivity contribution in [3.05, 3.63) is 106 Å². The molecule has 2 heterocycles. The molecule has 5 rings (SSSR count). The summed E-state index contributed by atoms with van der Waals surface area (Å²) in [4.78, 5) is 33.7. The molecule has 3 aromatic carbocycles. The van der Waals surface area contributed by atoms with Gasteiger partial charge in [-0.1, -0.05) is 60.7 Å². The molecule has 4 aromatic rings. The number of rotatable bonds is 6. The van der Waals surface area contributed by atoms with Crippen LogP contribution in [-0.4, -0.2) is 21.5 Å². The van der Waals surface area contributed by atoms with E-state index in [0.29, 0.717) is 29.7 Å². The largest absolute Gasteiger partial charge is 0.309 e. The predicted molar refractivity (Wildman–Crippen MR) is 132 cm³/mol. The molecular formula is C28H27N3O2. The molecule has 5 heteroatoms. The Bertz CT molecular complexity index is 1380. The number of hydrogen-bond donors (Lipinski definition) is 0. The number of para-hydroxylation sites is 2. The van der Waals surface area contributed by atoms with Crippen molar-refractivity contribution >= 4 is 22.5 Å². The molecule has 1 aliphatic heterocycles. The van der Waals surface area contributed by atoms with Gasteiger partial charge < -0.3 is 4.90 Å². The quantitative estimate of drug-likeness (QED) is 0.439. The SMILES string of the molecule is CC(C)N1C(=O)C(Cc2nc3ccccc3c(=O)n2CCc2ccccc2)c2ccccc21. The molecule has 1 atom stereocenters. The fourth-order valence-corrected chi connectivity index (χ4v) is 4.82. The number of benzene rings is 3. The van der Waals surface area contributed by atoms with Crippen LogP contribution in [0.4, 0.5) is 5.69 Å². The third-order valence-corrected chi connectivity index (χ3v) is 6.42. The van der Waals surface area contributed by atoms with Crippen LogP contribution in [0, 0.1) is 0 Å². The lowest BCUT2D eigenvalue weighted by molar-refractivity contribution is -0.119. The first-order chi connectivity index (χ1) is 16.0. The number of amides is 1. The topological polar surface area (TPSA) is 55.2 Å². The molecule has 0 fully saturated rings. The van der Waals surface area contributed by atoms with Crippen LogP contribution in [0.2, 0.25) is 0 Å². The van der Waals surface area contributed by atoms with Crippen molar-refractivity contribution in [1.82, 2.24) is 9.55 Å². The van der Waals surface area contributed by atoms with Gasteiger partial charge in [-0.3, -0.25) is 14.2 Å². The minimum atomic E-state index is -0.348. The molecule has 0 bridgehead atoms. The Labute approximate surface area is 193 Å². The smallest absolute Gasteiger partial charge is 0.261 e. The molecule has 0 saturated heterocycles. The van der Waals surface area contributed by atoms with E-state index < -0.39 is 0 Å². The second-order valence-electron chi connectivity index (χ2n) is 8.86. The summed E-state index contributed by atoms with van der Waals surface area (Å²) < 4.78 is 1.77. The average Bonchev–Trinajstić information content (AvgIpc) is 3.11. The second-order valence-corrected chi connectivity index (χ2v) is 8.86. The van der Waals surface area contributed by atoms with E-state index in [-0.39, 0.29) is 23.4 Å². The Morgan fingerprint density at radius 2 is 1.58 bits per heavy atom. The van der Waals surface area contributed by atoms with Crippen LogP contribution in [0.1, 0.15) is 36.7 Å². The van der Waals surface area contributed by atoms with Crippen molar-refractivity contribution in [2.45, 2.75) is 45.2 Å². The van der Waals surface area contributed by atoms with Gasteiger partial charge in [-0.2, -0.15) is 0 Å². The van der Waals surface area contributed by atoms with E-state index in [4.69, 9.17) is 4.98 Å². The summed E-state index contributed by atoms with van der Waals surface area (Å²) in [5.74, 6) is 0.385. The first kappa shape index (κ1) is 21.1. The zero-order chi connectivity index (χ0) is 22.9. The highest BCUT2D eigenvalue weighted by atomic mass is 16.2. The molecule has 0 radical (unpaired) electrons. The van der Waals surface area contributed by atoms with Crippen molar-refractivity contribution in [2.75, 3.05) is 4.90 Å². The molecule has 0 spiro atoms. The van der Waals surface area contributed by atoms with Gasteiger partial charge in [-0.15, -0.1) is 0 Å². The van der Waals surface area contributed by atoms with Crippen LogP contribution in [0.25, 0.3) is 10.9 Å². The zero-order valence-electron chi connectivity index (χ0n) is 18.9. The van der Waals surface area contributed by atoms with Gasteiger partial charge in [-0.25, -0.2) is 4.98 Å². The van der Waals surface area contributed by atoms with Crippen molar-refractivity contribution in [1.29, 1.82) is 0 Å². The maximum Gasteiger partial charge on any atom is 0.261 e. The standard InChI is InChI=1S/C28H27N3O2/c1-19(2)31-25-15-9-7-12-21(25)23(28(31)33)18-26-29-24-14-8-6-13-22(24)27(32)30(26)17-16-20-10-4-3-5-11-20/h3-15,19,23H,16-18H2,1-2H3. The summed E-state index contributed by atoms with van der Waals surface area (Å²) in [6.07, 6.45) is 1.12. The fraction of sp³-hybridized carbons (Fsp3) is 0.250. The Morgan fingerprint density at radius 3 is 2.36 bits per heavy atom. The summed E-state index contributed by atoms with van der Waals surface area (Å²) in [5, 5.41) is 0.608. The number of anilines is 1. The molecule has 5 nitrogen and oxygen atoms in total. The maximum absolute atomic E-state index is 13.5. The fourth-order valence-electron chi connectivity index (χ4n) is 4.82. The summed E-state index contributed by atoms with van der Waals surface area (Å²) in [7, 11) is 0. The van der Waals surface area contributed by atoms with E-state index in [1.165, 1.54) is 0 Å². The average molecular weight is 438 g/mol. The molecular weight excluding hydrogens is 410 g/mol. The van der Waals surface area contributed by atoms with E-state index in [0.717, 1.165) is 23.2 Å². The number of carbonyl (C=O) groups is 1.